The Kier molecular flexibility index (Phi) is 6.13. The standard InChI is InChI=1S/C19H19F3N2O4S/c1-28-13-2-4-14(5-3-13)29(26,27)24-8-6-12(7-9-24)19(25)23-18-11-16(21)15(20)10-17(18)22/h2-5,10-12H,6-9H2,1H3,(H,23,25). The summed E-state index contributed by atoms with van der Waals surface area (Å²) in [4.78, 5) is 12.5. The zero-order valence-electron chi connectivity index (χ0n) is 15.5. The van der Waals surface area contributed by atoms with Crippen molar-refractivity contribution in [1.29, 1.82) is 0 Å². The Morgan fingerprint density at radius 1 is 1.03 bits per heavy atom. The van der Waals surface area contributed by atoms with Gasteiger partial charge in [0.15, 0.2) is 11.6 Å². The predicted octanol–water partition coefficient (Wildman–Crippen LogP) is 3.15. The number of rotatable bonds is 5. The Hall–Kier alpha value is -2.59. The van der Waals surface area contributed by atoms with E-state index in [0.717, 1.165) is 0 Å². The molecule has 0 aliphatic carbocycles. The topological polar surface area (TPSA) is 75.7 Å². The van der Waals surface area contributed by atoms with Crippen molar-refractivity contribution in [2.75, 3.05) is 25.5 Å². The molecule has 1 fully saturated rings. The average molecular weight is 428 g/mol. The number of hydrogen-bond donors (Lipinski definition) is 1. The molecule has 29 heavy (non-hydrogen) atoms. The molecule has 1 heterocycles. The van der Waals surface area contributed by atoms with Gasteiger partial charge in [-0.1, -0.05) is 0 Å². The molecule has 0 aromatic heterocycles. The van der Waals surface area contributed by atoms with Gasteiger partial charge in [-0.3, -0.25) is 4.79 Å². The van der Waals surface area contributed by atoms with Gasteiger partial charge in [0.1, 0.15) is 11.6 Å². The lowest BCUT2D eigenvalue weighted by Crippen LogP contribution is -2.41. The van der Waals surface area contributed by atoms with E-state index >= 15 is 0 Å². The van der Waals surface area contributed by atoms with E-state index in [1.807, 2.05) is 0 Å². The van der Waals surface area contributed by atoms with E-state index in [4.69, 9.17) is 4.74 Å². The van der Waals surface area contributed by atoms with Crippen LogP contribution in [0.4, 0.5) is 18.9 Å². The van der Waals surface area contributed by atoms with E-state index in [1.165, 1.54) is 23.5 Å². The maximum Gasteiger partial charge on any atom is 0.243 e. The fraction of sp³-hybridized carbons (Fsp3) is 0.316. The predicted molar refractivity (Wildman–Crippen MR) is 99.4 cm³/mol. The second-order valence-electron chi connectivity index (χ2n) is 6.59. The van der Waals surface area contributed by atoms with E-state index in [0.29, 0.717) is 17.9 Å². The summed E-state index contributed by atoms with van der Waals surface area (Å²) in [5.41, 5.74) is -0.456. The third kappa shape index (κ3) is 4.54. The number of nitrogens with one attached hydrogen (secondary N) is 1. The molecule has 6 nitrogen and oxygen atoms in total. The summed E-state index contributed by atoms with van der Waals surface area (Å²) in [5, 5.41) is 2.24. The lowest BCUT2D eigenvalue weighted by atomic mass is 9.97. The molecular formula is C19H19F3N2O4S. The number of hydrogen-bond acceptors (Lipinski definition) is 4. The number of benzene rings is 2. The molecule has 1 aliphatic rings. The number of nitrogens with zero attached hydrogens (tertiary/aromatic N) is 1. The molecule has 0 radical (unpaired) electrons. The summed E-state index contributed by atoms with van der Waals surface area (Å²) in [7, 11) is -2.24. The van der Waals surface area contributed by atoms with Crippen LogP contribution in [0.15, 0.2) is 41.3 Å². The second-order valence-corrected chi connectivity index (χ2v) is 8.53. The highest BCUT2D eigenvalue weighted by molar-refractivity contribution is 7.89. The van der Waals surface area contributed by atoms with Gasteiger partial charge in [0, 0.05) is 31.1 Å². The zero-order valence-corrected chi connectivity index (χ0v) is 16.3. The van der Waals surface area contributed by atoms with Crippen LogP contribution in [0.25, 0.3) is 0 Å². The molecule has 156 valence electrons. The van der Waals surface area contributed by atoms with Crippen LogP contribution in [0.2, 0.25) is 0 Å². The van der Waals surface area contributed by atoms with Gasteiger partial charge < -0.3 is 10.1 Å². The van der Waals surface area contributed by atoms with Crippen LogP contribution in [0, 0.1) is 23.4 Å². The number of methoxy groups -OCH3 is 1. The van der Waals surface area contributed by atoms with Gasteiger partial charge in [0.2, 0.25) is 15.9 Å². The molecular weight excluding hydrogens is 409 g/mol. The molecule has 2 aromatic carbocycles. The van der Waals surface area contributed by atoms with Crippen LogP contribution in [0.1, 0.15) is 12.8 Å². The minimum Gasteiger partial charge on any atom is -0.497 e. The van der Waals surface area contributed by atoms with Crippen molar-refractivity contribution in [1.82, 2.24) is 4.31 Å². The Labute approximate surface area is 166 Å². The Balaban J connectivity index is 1.63. The first-order chi connectivity index (χ1) is 13.7. The highest BCUT2D eigenvalue weighted by Gasteiger charge is 2.32. The minimum absolute atomic E-state index is 0.104. The third-order valence-corrected chi connectivity index (χ3v) is 6.70. The van der Waals surface area contributed by atoms with E-state index in [-0.39, 0.29) is 30.8 Å². The molecule has 0 unspecified atom stereocenters. The smallest absolute Gasteiger partial charge is 0.243 e. The second kappa shape index (κ2) is 8.42. The van der Waals surface area contributed by atoms with E-state index < -0.39 is 45.0 Å². The number of anilines is 1. The molecule has 1 saturated heterocycles. The van der Waals surface area contributed by atoms with E-state index in [1.54, 1.807) is 12.1 Å². The third-order valence-electron chi connectivity index (χ3n) is 4.79. The molecule has 3 rings (SSSR count). The SMILES string of the molecule is COc1ccc(S(=O)(=O)N2CCC(C(=O)Nc3cc(F)c(F)cc3F)CC2)cc1. The van der Waals surface area contributed by atoms with Crippen LogP contribution in [0.5, 0.6) is 5.75 Å². The van der Waals surface area contributed by atoms with Gasteiger partial charge in [-0.15, -0.1) is 0 Å². The molecule has 0 atom stereocenters. The molecule has 0 saturated carbocycles. The summed E-state index contributed by atoms with van der Waals surface area (Å²) >= 11 is 0. The van der Waals surface area contributed by atoms with E-state index in [9.17, 15) is 26.4 Å². The van der Waals surface area contributed by atoms with Crippen molar-refractivity contribution in [2.45, 2.75) is 17.7 Å². The van der Waals surface area contributed by atoms with Gasteiger partial charge in [-0.25, -0.2) is 21.6 Å². The van der Waals surface area contributed by atoms with Gasteiger partial charge in [-0.2, -0.15) is 4.31 Å². The maximum atomic E-state index is 13.7. The van der Waals surface area contributed by atoms with Gasteiger partial charge >= 0.3 is 0 Å². The molecule has 0 spiro atoms. The van der Waals surface area contributed by atoms with Crippen molar-refractivity contribution in [2.24, 2.45) is 5.92 Å². The lowest BCUT2D eigenvalue weighted by Gasteiger charge is -2.30. The lowest BCUT2D eigenvalue weighted by molar-refractivity contribution is -0.120. The fourth-order valence-corrected chi connectivity index (χ4v) is 4.58. The summed E-state index contributed by atoms with van der Waals surface area (Å²) in [6.07, 6.45) is 0.430. The number of amides is 1. The van der Waals surface area contributed by atoms with Gasteiger partial charge in [0.05, 0.1) is 17.7 Å². The first-order valence-corrected chi connectivity index (χ1v) is 10.3. The summed E-state index contributed by atoms with van der Waals surface area (Å²) in [6.45, 7) is 0.208. The Morgan fingerprint density at radius 3 is 2.21 bits per heavy atom. The largest absolute Gasteiger partial charge is 0.497 e. The molecule has 1 amide bonds. The summed E-state index contributed by atoms with van der Waals surface area (Å²) in [6, 6.07) is 6.91. The van der Waals surface area contributed by atoms with Gasteiger partial charge in [0.25, 0.3) is 0 Å². The molecule has 0 bridgehead atoms. The van der Waals surface area contributed by atoms with Crippen molar-refractivity contribution in [3.05, 3.63) is 53.8 Å². The van der Waals surface area contributed by atoms with Gasteiger partial charge in [-0.05, 0) is 37.1 Å². The Morgan fingerprint density at radius 2 is 1.62 bits per heavy atom. The number of piperidine rings is 1. The van der Waals surface area contributed by atoms with Crippen LogP contribution in [0.3, 0.4) is 0 Å². The number of ether oxygens (including phenoxy) is 1. The fourth-order valence-electron chi connectivity index (χ4n) is 3.11. The minimum atomic E-state index is -3.72. The average Bonchev–Trinajstić information content (AvgIpc) is 2.72. The Bertz CT molecular complexity index is 1000. The van der Waals surface area contributed by atoms with Crippen molar-refractivity contribution >= 4 is 21.6 Å². The zero-order chi connectivity index (χ0) is 21.2. The van der Waals surface area contributed by atoms with E-state index in [2.05, 4.69) is 5.32 Å². The number of carbonyl (C=O) groups excluding carboxylic acids is 1. The first kappa shape index (κ1) is 21.1. The molecule has 10 heteroatoms. The summed E-state index contributed by atoms with van der Waals surface area (Å²) < 4.78 is 71.7. The highest BCUT2D eigenvalue weighted by atomic mass is 32.2. The normalized spacial score (nSPS) is 15.9. The molecule has 2 aromatic rings. The number of carbonyl (C=O) groups is 1. The van der Waals surface area contributed by atoms with Crippen LogP contribution >= 0.6 is 0 Å². The van der Waals surface area contributed by atoms with Crippen LogP contribution < -0.4 is 10.1 Å². The monoisotopic (exact) mass is 428 g/mol. The maximum absolute atomic E-state index is 13.7. The quantitative estimate of drug-likeness (QED) is 0.743. The number of halogens is 3. The number of sulfonamides is 1. The molecule has 1 N–H and O–H groups in total. The van der Waals surface area contributed by atoms with Crippen molar-refractivity contribution in [3.63, 3.8) is 0 Å². The van der Waals surface area contributed by atoms with Crippen molar-refractivity contribution < 1.29 is 31.1 Å². The first-order valence-electron chi connectivity index (χ1n) is 8.82. The van der Waals surface area contributed by atoms with Crippen LogP contribution in [-0.4, -0.2) is 38.8 Å². The van der Waals surface area contributed by atoms with Crippen molar-refractivity contribution in [3.8, 4) is 5.75 Å². The molecule has 1 aliphatic heterocycles. The summed E-state index contributed by atoms with van der Waals surface area (Å²) in [5.74, 6) is -4.33. The van der Waals surface area contributed by atoms with Crippen LogP contribution in [-0.2, 0) is 14.8 Å². The highest BCUT2D eigenvalue weighted by Crippen LogP contribution is 2.27.